The zero-order valence-corrected chi connectivity index (χ0v) is 8.25. The van der Waals surface area contributed by atoms with Gasteiger partial charge in [0, 0.05) is 12.6 Å². The molecule has 2 heterocycles. The van der Waals surface area contributed by atoms with E-state index in [4.69, 9.17) is 14.6 Å². The number of esters is 1. The highest BCUT2D eigenvalue weighted by molar-refractivity contribution is 5.90. The maximum atomic E-state index is 11.1. The largest absolute Gasteiger partial charge is 0.477 e. The van der Waals surface area contributed by atoms with E-state index in [1.165, 1.54) is 18.3 Å². The summed E-state index contributed by atoms with van der Waals surface area (Å²) in [4.78, 5) is 25.8. The van der Waals surface area contributed by atoms with Crippen LogP contribution in [-0.4, -0.2) is 34.7 Å². The lowest BCUT2D eigenvalue weighted by atomic mass is 10.2. The zero-order valence-electron chi connectivity index (χ0n) is 8.25. The summed E-state index contributed by atoms with van der Waals surface area (Å²) in [6, 6.07) is 2.86. The van der Waals surface area contributed by atoms with Gasteiger partial charge in [-0.25, -0.2) is 14.6 Å². The SMILES string of the molecule is O=C(O)c1cccnc1OC1CCOC1=O. The Morgan fingerprint density at radius 3 is 3.06 bits per heavy atom. The number of carboxylic acids is 1. The fourth-order valence-corrected chi connectivity index (χ4v) is 1.37. The van der Waals surface area contributed by atoms with Crippen molar-refractivity contribution in [2.45, 2.75) is 12.5 Å². The normalized spacial score (nSPS) is 19.2. The summed E-state index contributed by atoms with van der Waals surface area (Å²) in [6.45, 7) is 0.290. The molecule has 2 rings (SSSR count). The molecule has 16 heavy (non-hydrogen) atoms. The van der Waals surface area contributed by atoms with Crippen LogP contribution in [0.4, 0.5) is 0 Å². The van der Waals surface area contributed by atoms with Crippen LogP contribution >= 0.6 is 0 Å². The molecule has 0 aromatic carbocycles. The number of ether oxygens (including phenoxy) is 2. The Morgan fingerprint density at radius 1 is 1.62 bits per heavy atom. The van der Waals surface area contributed by atoms with Crippen LogP contribution in [0.5, 0.6) is 5.88 Å². The molecule has 0 saturated carbocycles. The molecule has 84 valence electrons. The van der Waals surface area contributed by atoms with Gasteiger partial charge in [-0.2, -0.15) is 0 Å². The van der Waals surface area contributed by atoms with Crippen LogP contribution in [0.2, 0.25) is 0 Å². The number of hydrogen-bond acceptors (Lipinski definition) is 5. The Hall–Kier alpha value is -2.11. The lowest BCUT2D eigenvalue weighted by Crippen LogP contribution is -2.23. The average molecular weight is 223 g/mol. The van der Waals surface area contributed by atoms with Crippen molar-refractivity contribution < 1.29 is 24.2 Å². The van der Waals surface area contributed by atoms with Crippen molar-refractivity contribution in [3.8, 4) is 5.88 Å². The van der Waals surface area contributed by atoms with Crippen LogP contribution in [0.3, 0.4) is 0 Å². The number of aromatic nitrogens is 1. The number of hydrogen-bond donors (Lipinski definition) is 1. The highest BCUT2D eigenvalue weighted by Crippen LogP contribution is 2.19. The summed E-state index contributed by atoms with van der Waals surface area (Å²) in [6.07, 6.45) is 1.06. The molecule has 1 aromatic heterocycles. The third-order valence-corrected chi connectivity index (χ3v) is 2.14. The van der Waals surface area contributed by atoms with Crippen molar-refractivity contribution in [1.82, 2.24) is 4.98 Å². The van der Waals surface area contributed by atoms with E-state index in [-0.39, 0.29) is 11.4 Å². The van der Waals surface area contributed by atoms with Crippen molar-refractivity contribution >= 4 is 11.9 Å². The van der Waals surface area contributed by atoms with Crippen LogP contribution in [0.1, 0.15) is 16.8 Å². The lowest BCUT2D eigenvalue weighted by Gasteiger charge is -2.10. The molecule has 6 nitrogen and oxygen atoms in total. The fraction of sp³-hybridized carbons (Fsp3) is 0.300. The van der Waals surface area contributed by atoms with E-state index in [1.54, 1.807) is 0 Å². The fourth-order valence-electron chi connectivity index (χ4n) is 1.37. The Bertz CT molecular complexity index is 431. The van der Waals surface area contributed by atoms with Crippen molar-refractivity contribution in [1.29, 1.82) is 0 Å². The Morgan fingerprint density at radius 2 is 2.44 bits per heavy atom. The number of cyclic esters (lactones) is 1. The summed E-state index contributed by atoms with van der Waals surface area (Å²) >= 11 is 0. The van der Waals surface area contributed by atoms with E-state index in [0.29, 0.717) is 13.0 Å². The summed E-state index contributed by atoms with van der Waals surface area (Å²) in [5.74, 6) is -1.68. The van der Waals surface area contributed by atoms with Crippen LogP contribution in [-0.2, 0) is 9.53 Å². The Kier molecular flexibility index (Phi) is 2.72. The lowest BCUT2D eigenvalue weighted by molar-refractivity contribution is -0.143. The van der Waals surface area contributed by atoms with Gasteiger partial charge in [0.1, 0.15) is 5.56 Å². The van der Waals surface area contributed by atoms with E-state index in [2.05, 4.69) is 4.98 Å². The minimum absolute atomic E-state index is 0.0566. The minimum Gasteiger partial charge on any atom is -0.477 e. The van der Waals surface area contributed by atoms with Crippen LogP contribution < -0.4 is 4.74 Å². The standard InChI is InChI=1S/C10H9NO5/c12-9(13)6-2-1-4-11-8(6)16-7-3-5-15-10(7)14/h1-2,4,7H,3,5H2,(H,12,13). The number of carbonyl (C=O) groups excluding carboxylic acids is 1. The molecule has 1 aliphatic heterocycles. The second kappa shape index (κ2) is 4.18. The zero-order chi connectivity index (χ0) is 11.5. The van der Waals surface area contributed by atoms with E-state index in [9.17, 15) is 9.59 Å². The first-order valence-electron chi connectivity index (χ1n) is 4.70. The van der Waals surface area contributed by atoms with Crippen molar-refractivity contribution in [3.05, 3.63) is 23.9 Å². The molecule has 6 heteroatoms. The Labute approximate surface area is 90.8 Å². The van der Waals surface area contributed by atoms with Gasteiger partial charge in [-0.15, -0.1) is 0 Å². The third-order valence-electron chi connectivity index (χ3n) is 2.14. The van der Waals surface area contributed by atoms with E-state index in [0.717, 1.165) is 0 Å². The monoisotopic (exact) mass is 223 g/mol. The van der Waals surface area contributed by atoms with Gasteiger partial charge >= 0.3 is 11.9 Å². The van der Waals surface area contributed by atoms with E-state index >= 15 is 0 Å². The molecule has 1 aromatic rings. The molecule has 1 fully saturated rings. The molecule has 1 aliphatic rings. The van der Waals surface area contributed by atoms with Gasteiger partial charge in [-0.1, -0.05) is 0 Å². The molecule has 0 amide bonds. The van der Waals surface area contributed by atoms with E-state index in [1.807, 2.05) is 0 Å². The number of carbonyl (C=O) groups is 2. The van der Waals surface area contributed by atoms with E-state index < -0.39 is 18.0 Å². The molecule has 0 bridgehead atoms. The molecular formula is C10H9NO5. The smallest absolute Gasteiger partial charge is 0.347 e. The van der Waals surface area contributed by atoms with Crippen LogP contribution in [0, 0.1) is 0 Å². The average Bonchev–Trinajstić information content (AvgIpc) is 2.65. The first-order chi connectivity index (χ1) is 7.68. The molecule has 0 spiro atoms. The predicted octanol–water partition coefficient (Wildman–Crippen LogP) is 0.474. The van der Waals surface area contributed by atoms with Gasteiger partial charge in [0.15, 0.2) is 0 Å². The quantitative estimate of drug-likeness (QED) is 0.750. The van der Waals surface area contributed by atoms with Gasteiger partial charge in [0.25, 0.3) is 0 Å². The maximum absolute atomic E-state index is 11.1. The third kappa shape index (κ3) is 1.95. The summed E-state index contributed by atoms with van der Waals surface area (Å²) in [5.41, 5.74) is -0.0674. The molecule has 1 atom stereocenters. The maximum Gasteiger partial charge on any atom is 0.347 e. The second-order valence-corrected chi connectivity index (χ2v) is 3.22. The minimum atomic E-state index is -1.14. The predicted molar refractivity (Wildman–Crippen MR) is 51.2 cm³/mol. The second-order valence-electron chi connectivity index (χ2n) is 3.22. The summed E-state index contributed by atoms with van der Waals surface area (Å²) in [7, 11) is 0. The number of pyridine rings is 1. The first kappa shape index (κ1) is 10.4. The number of rotatable bonds is 3. The molecule has 0 radical (unpaired) electrons. The Balaban J connectivity index is 2.20. The van der Waals surface area contributed by atoms with Gasteiger partial charge in [-0.05, 0) is 12.1 Å². The highest BCUT2D eigenvalue weighted by atomic mass is 16.6. The molecule has 1 saturated heterocycles. The van der Waals surface area contributed by atoms with Crippen molar-refractivity contribution in [2.75, 3.05) is 6.61 Å². The van der Waals surface area contributed by atoms with Gasteiger partial charge < -0.3 is 14.6 Å². The van der Waals surface area contributed by atoms with Gasteiger partial charge in [0.05, 0.1) is 6.61 Å². The molecule has 0 aliphatic carbocycles. The number of aromatic carboxylic acids is 1. The number of carboxylic acid groups (broad SMARTS) is 1. The van der Waals surface area contributed by atoms with Crippen LogP contribution in [0.25, 0.3) is 0 Å². The highest BCUT2D eigenvalue weighted by Gasteiger charge is 2.30. The van der Waals surface area contributed by atoms with Crippen molar-refractivity contribution in [3.63, 3.8) is 0 Å². The van der Waals surface area contributed by atoms with Gasteiger partial charge in [-0.3, -0.25) is 0 Å². The topological polar surface area (TPSA) is 85.7 Å². The summed E-state index contributed by atoms with van der Waals surface area (Å²) in [5, 5.41) is 8.87. The van der Waals surface area contributed by atoms with Crippen LogP contribution in [0.15, 0.2) is 18.3 Å². The van der Waals surface area contributed by atoms with Gasteiger partial charge in [0.2, 0.25) is 12.0 Å². The van der Waals surface area contributed by atoms with Crippen molar-refractivity contribution in [2.24, 2.45) is 0 Å². The number of nitrogens with zero attached hydrogens (tertiary/aromatic N) is 1. The molecular weight excluding hydrogens is 214 g/mol. The summed E-state index contributed by atoms with van der Waals surface area (Å²) < 4.78 is 9.91. The molecule has 1 unspecified atom stereocenters. The first-order valence-corrected chi connectivity index (χ1v) is 4.70. The molecule has 1 N–H and O–H groups in total.